The average Bonchev–Trinajstić information content (AvgIpc) is 1.61. The molecule has 0 radical (unpaired) electrons. The van der Waals surface area contributed by atoms with Crippen LogP contribution in [0, 0.1) is 0 Å². The van der Waals surface area contributed by atoms with Gasteiger partial charge in [-0.2, -0.15) is 0 Å². The molecule has 0 aliphatic carbocycles. The summed E-state index contributed by atoms with van der Waals surface area (Å²) in [5.41, 5.74) is 0. The first-order valence-electron chi connectivity index (χ1n) is 1.77. The zero-order valence-corrected chi connectivity index (χ0v) is 5.09. The molecule has 0 rings (SSSR count). The second-order valence-electron chi connectivity index (χ2n) is 1.01. The highest BCUT2D eigenvalue weighted by molar-refractivity contribution is 5.89. The molecular formula is C4H5ClO4. The van der Waals surface area contributed by atoms with E-state index in [1.807, 2.05) is 0 Å². The minimum absolute atomic E-state index is 0. The van der Waals surface area contributed by atoms with E-state index in [2.05, 4.69) is 0 Å². The lowest BCUT2D eigenvalue weighted by Crippen LogP contribution is -1.91. The molecule has 0 saturated carbocycles. The van der Waals surface area contributed by atoms with E-state index in [0.717, 1.165) is 0 Å². The molecule has 0 saturated heterocycles. The van der Waals surface area contributed by atoms with E-state index in [0.29, 0.717) is 12.2 Å². The van der Waals surface area contributed by atoms with Crippen molar-refractivity contribution in [3.8, 4) is 0 Å². The first-order valence-corrected chi connectivity index (χ1v) is 1.77. The van der Waals surface area contributed by atoms with Crippen molar-refractivity contribution in [3.05, 3.63) is 12.2 Å². The lowest BCUT2D eigenvalue weighted by atomic mass is 10.5. The predicted octanol–water partition coefficient (Wildman–Crippen LogP) is 0.134. The monoisotopic (exact) mass is 152 g/mol. The maximum Gasteiger partial charge on any atom is 0.328 e. The third kappa shape index (κ3) is 10.9. The van der Waals surface area contributed by atoms with E-state index < -0.39 is 11.9 Å². The highest BCUT2D eigenvalue weighted by Crippen LogP contribution is 1.70. The summed E-state index contributed by atoms with van der Waals surface area (Å²) in [6, 6.07) is 0. The molecule has 0 aliphatic rings. The summed E-state index contributed by atoms with van der Waals surface area (Å²) in [6.07, 6.45) is 1.12. The van der Waals surface area contributed by atoms with E-state index in [4.69, 9.17) is 10.2 Å². The first kappa shape index (κ1) is 10.9. The highest BCUT2D eigenvalue weighted by atomic mass is 35.5. The van der Waals surface area contributed by atoms with E-state index in [1.54, 1.807) is 0 Å². The molecule has 0 aliphatic heterocycles. The molecule has 0 fully saturated rings. The van der Waals surface area contributed by atoms with Crippen LogP contribution in [0.2, 0.25) is 0 Å². The maximum absolute atomic E-state index is 9.55. The quantitative estimate of drug-likeness (QED) is 0.552. The average molecular weight is 153 g/mol. The van der Waals surface area contributed by atoms with Gasteiger partial charge >= 0.3 is 11.9 Å². The predicted molar refractivity (Wildman–Crippen MR) is 31.7 cm³/mol. The van der Waals surface area contributed by atoms with Crippen LogP contribution in [0.4, 0.5) is 0 Å². The minimum atomic E-state index is -1.26. The molecule has 2 N–H and O–H groups in total. The molecule has 9 heavy (non-hydrogen) atoms. The van der Waals surface area contributed by atoms with Crippen molar-refractivity contribution in [1.29, 1.82) is 0 Å². The Balaban J connectivity index is 0. The number of hydrogen-bond donors (Lipinski definition) is 2. The Morgan fingerprint density at radius 3 is 1.33 bits per heavy atom. The molecule has 0 aromatic carbocycles. The standard InChI is InChI=1S/C4H4O4.ClH/c5-3(6)1-2-4(7)8;/h1-2H,(H,5,6)(H,7,8);1H/b2-1+;. The van der Waals surface area contributed by atoms with Crippen molar-refractivity contribution in [1.82, 2.24) is 0 Å². The number of carboxylic acid groups (broad SMARTS) is 2. The molecule has 0 bridgehead atoms. The van der Waals surface area contributed by atoms with Crippen molar-refractivity contribution in [2.45, 2.75) is 0 Å². The topological polar surface area (TPSA) is 74.6 Å². The third-order valence-corrected chi connectivity index (χ3v) is 0.368. The SMILES string of the molecule is Cl.O=C(O)/C=C/C(=O)O. The smallest absolute Gasteiger partial charge is 0.328 e. The van der Waals surface area contributed by atoms with Crippen LogP contribution in [-0.2, 0) is 9.59 Å². The van der Waals surface area contributed by atoms with Crippen LogP contribution >= 0.6 is 12.4 Å². The van der Waals surface area contributed by atoms with Gasteiger partial charge in [-0.3, -0.25) is 0 Å². The zero-order valence-electron chi connectivity index (χ0n) is 4.27. The summed E-state index contributed by atoms with van der Waals surface area (Å²) in [7, 11) is 0. The second-order valence-corrected chi connectivity index (χ2v) is 1.01. The molecule has 0 heterocycles. The van der Waals surface area contributed by atoms with Gasteiger partial charge in [0.1, 0.15) is 0 Å². The van der Waals surface area contributed by atoms with E-state index >= 15 is 0 Å². The van der Waals surface area contributed by atoms with Gasteiger partial charge in [0.15, 0.2) is 0 Å². The number of aliphatic carboxylic acids is 2. The Morgan fingerprint density at radius 1 is 1.00 bits per heavy atom. The number of halogens is 1. The van der Waals surface area contributed by atoms with Crippen molar-refractivity contribution in [3.63, 3.8) is 0 Å². The van der Waals surface area contributed by atoms with Crippen LogP contribution < -0.4 is 0 Å². The molecule has 4 nitrogen and oxygen atoms in total. The summed E-state index contributed by atoms with van der Waals surface area (Å²) < 4.78 is 0. The van der Waals surface area contributed by atoms with E-state index in [-0.39, 0.29) is 12.4 Å². The first-order chi connectivity index (χ1) is 3.63. The Kier molecular flexibility index (Phi) is 6.17. The van der Waals surface area contributed by atoms with Crippen LogP contribution in [0.15, 0.2) is 12.2 Å². The Hall–Kier alpha value is -1.03. The Bertz CT molecular complexity index is 124. The molecule has 0 unspecified atom stereocenters. The van der Waals surface area contributed by atoms with Gasteiger partial charge in [-0.1, -0.05) is 0 Å². The highest BCUT2D eigenvalue weighted by Gasteiger charge is 1.88. The van der Waals surface area contributed by atoms with Crippen LogP contribution in [0.3, 0.4) is 0 Å². The van der Waals surface area contributed by atoms with Gasteiger partial charge in [-0.25, -0.2) is 9.59 Å². The molecule has 0 aromatic heterocycles. The number of carbonyl (C=O) groups is 2. The fraction of sp³-hybridized carbons (Fsp3) is 0. The molecule has 0 atom stereocenters. The van der Waals surface area contributed by atoms with Gasteiger partial charge in [0.25, 0.3) is 0 Å². The normalized spacial score (nSPS) is 8.44. The zero-order chi connectivity index (χ0) is 6.57. The van der Waals surface area contributed by atoms with Crippen LogP contribution in [0.25, 0.3) is 0 Å². The van der Waals surface area contributed by atoms with Gasteiger partial charge in [-0.05, 0) is 0 Å². The minimum Gasteiger partial charge on any atom is -0.478 e. The summed E-state index contributed by atoms with van der Waals surface area (Å²) >= 11 is 0. The molecule has 0 amide bonds. The fourth-order valence-electron chi connectivity index (χ4n) is 0.143. The van der Waals surface area contributed by atoms with Gasteiger partial charge in [0.2, 0.25) is 0 Å². The van der Waals surface area contributed by atoms with Crippen LogP contribution in [0.5, 0.6) is 0 Å². The third-order valence-electron chi connectivity index (χ3n) is 0.368. The van der Waals surface area contributed by atoms with Gasteiger partial charge < -0.3 is 10.2 Å². The summed E-state index contributed by atoms with van der Waals surface area (Å²) in [4.78, 5) is 19.1. The Labute approximate surface area is 57.2 Å². The van der Waals surface area contributed by atoms with Crippen LogP contribution in [0.1, 0.15) is 0 Å². The summed E-state index contributed by atoms with van der Waals surface area (Å²) in [5.74, 6) is -2.51. The lowest BCUT2D eigenvalue weighted by Gasteiger charge is -1.74. The fourth-order valence-corrected chi connectivity index (χ4v) is 0.143. The van der Waals surface area contributed by atoms with Crippen molar-refractivity contribution < 1.29 is 19.8 Å². The van der Waals surface area contributed by atoms with E-state index in [9.17, 15) is 9.59 Å². The molecule has 5 heteroatoms. The number of hydrogen-bond acceptors (Lipinski definition) is 2. The van der Waals surface area contributed by atoms with Crippen molar-refractivity contribution in [2.24, 2.45) is 0 Å². The van der Waals surface area contributed by atoms with Gasteiger partial charge in [-0.15, -0.1) is 12.4 Å². The Morgan fingerprint density at radius 2 is 1.22 bits per heavy atom. The molecule has 0 aromatic rings. The summed E-state index contributed by atoms with van der Waals surface area (Å²) in [6.45, 7) is 0. The van der Waals surface area contributed by atoms with Gasteiger partial charge in [0, 0.05) is 12.2 Å². The van der Waals surface area contributed by atoms with Gasteiger partial charge in [0.05, 0.1) is 0 Å². The second kappa shape index (κ2) is 5.11. The number of carboxylic acids is 2. The van der Waals surface area contributed by atoms with Crippen molar-refractivity contribution >= 4 is 24.3 Å². The maximum atomic E-state index is 9.55. The molecule has 0 spiro atoms. The lowest BCUT2D eigenvalue weighted by molar-refractivity contribution is -0.134. The number of rotatable bonds is 2. The largest absolute Gasteiger partial charge is 0.478 e. The molecular weight excluding hydrogens is 147 g/mol. The summed E-state index contributed by atoms with van der Waals surface area (Å²) in [5, 5.41) is 15.6. The van der Waals surface area contributed by atoms with Crippen LogP contribution in [-0.4, -0.2) is 22.2 Å². The molecule has 52 valence electrons. The van der Waals surface area contributed by atoms with E-state index in [1.165, 1.54) is 0 Å². The van der Waals surface area contributed by atoms with Crippen molar-refractivity contribution in [2.75, 3.05) is 0 Å².